The smallest absolute Gasteiger partial charge is 0.255 e. The number of fused-ring (bicyclic) bond motifs is 1. The number of aromatic nitrogens is 1. The molecule has 0 spiro atoms. The Morgan fingerprint density at radius 3 is 2.61 bits per heavy atom. The van der Waals surface area contributed by atoms with Crippen LogP contribution in [0.1, 0.15) is 49.0 Å². The zero-order chi connectivity index (χ0) is 21.8. The van der Waals surface area contributed by atoms with E-state index >= 15 is 0 Å². The molecule has 0 saturated heterocycles. The fourth-order valence-corrected chi connectivity index (χ4v) is 3.40. The number of hydrogen-bond donors (Lipinski definition) is 1. The molecule has 0 fully saturated rings. The molecule has 1 aromatic heterocycles. The summed E-state index contributed by atoms with van der Waals surface area (Å²) in [6, 6.07) is 20.8. The summed E-state index contributed by atoms with van der Waals surface area (Å²) in [4.78, 5) is 17.2. The molecule has 4 aromatic rings. The molecule has 1 atom stereocenters. The quantitative estimate of drug-likeness (QED) is 0.367. The van der Waals surface area contributed by atoms with Gasteiger partial charge in [-0.1, -0.05) is 26.0 Å². The molecule has 4 rings (SSSR count). The Labute approximate surface area is 182 Å². The Hall–Kier alpha value is -3.60. The van der Waals surface area contributed by atoms with Crippen LogP contribution in [0.15, 0.2) is 71.1 Å². The largest absolute Gasteiger partial charge is 0.494 e. The minimum absolute atomic E-state index is 0.186. The molecule has 0 radical (unpaired) electrons. The highest BCUT2D eigenvalue weighted by Crippen LogP contribution is 2.28. The number of amides is 1. The molecule has 3 aromatic carbocycles. The van der Waals surface area contributed by atoms with Crippen molar-refractivity contribution in [3.8, 4) is 17.2 Å². The van der Waals surface area contributed by atoms with E-state index in [4.69, 9.17) is 9.15 Å². The van der Waals surface area contributed by atoms with Gasteiger partial charge in [0.05, 0.1) is 6.61 Å². The van der Waals surface area contributed by atoms with E-state index in [9.17, 15) is 4.79 Å². The van der Waals surface area contributed by atoms with Crippen molar-refractivity contribution in [1.29, 1.82) is 0 Å². The average molecular weight is 415 g/mol. The van der Waals surface area contributed by atoms with Gasteiger partial charge in [0.15, 0.2) is 5.58 Å². The number of nitrogens with zero attached hydrogens (tertiary/aromatic N) is 1. The molecule has 158 valence electrons. The zero-order valence-electron chi connectivity index (χ0n) is 18.0. The lowest BCUT2D eigenvalue weighted by Crippen LogP contribution is -2.11. The maximum atomic E-state index is 12.6. The molecule has 0 aliphatic heterocycles. The van der Waals surface area contributed by atoms with Gasteiger partial charge in [-0.3, -0.25) is 4.79 Å². The lowest BCUT2D eigenvalue weighted by molar-refractivity contribution is 0.102. The summed E-state index contributed by atoms with van der Waals surface area (Å²) in [7, 11) is 0. The van der Waals surface area contributed by atoms with Gasteiger partial charge >= 0.3 is 0 Å². The van der Waals surface area contributed by atoms with Gasteiger partial charge in [-0.05, 0) is 79.4 Å². The van der Waals surface area contributed by atoms with Crippen LogP contribution in [-0.4, -0.2) is 17.5 Å². The maximum Gasteiger partial charge on any atom is 0.255 e. The van der Waals surface area contributed by atoms with Crippen molar-refractivity contribution in [1.82, 2.24) is 4.98 Å². The lowest BCUT2D eigenvalue weighted by Gasteiger charge is -2.08. The highest BCUT2D eigenvalue weighted by Gasteiger charge is 2.12. The van der Waals surface area contributed by atoms with Crippen LogP contribution >= 0.6 is 0 Å². The predicted molar refractivity (Wildman–Crippen MR) is 124 cm³/mol. The van der Waals surface area contributed by atoms with E-state index in [1.54, 1.807) is 12.1 Å². The van der Waals surface area contributed by atoms with E-state index in [1.165, 1.54) is 5.56 Å². The predicted octanol–water partition coefficient (Wildman–Crippen LogP) is 6.66. The Morgan fingerprint density at radius 1 is 1.06 bits per heavy atom. The highest BCUT2D eigenvalue weighted by molar-refractivity contribution is 6.04. The summed E-state index contributed by atoms with van der Waals surface area (Å²) in [6.45, 7) is 6.86. The second-order valence-corrected chi connectivity index (χ2v) is 7.55. The van der Waals surface area contributed by atoms with Crippen molar-refractivity contribution in [2.24, 2.45) is 0 Å². The normalized spacial score (nSPS) is 12.0. The summed E-state index contributed by atoms with van der Waals surface area (Å²) < 4.78 is 11.4. The first-order chi connectivity index (χ1) is 15.1. The maximum absolute atomic E-state index is 12.6. The zero-order valence-corrected chi connectivity index (χ0v) is 18.0. The number of nitrogens with one attached hydrogen (secondary N) is 1. The molecule has 31 heavy (non-hydrogen) atoms. The minimum Gasteiger partial charge on any atom is -0.494 e. The molecule has 1 heterocycles. The second-order valence-electron chi connectivity index (χ2n) is 7.55. The number of rotatable bonds is 7. The Balaban J connectivity index is 1.50. The van der Waals surface area contributed by atoms with Crippen LogP contribution in [0.25, 0.3) is 22.6 Å². The highest BCUT2D eigenvalue weighted by atomic mass is 16.5. The molecular formula is C26H26N2O3. The molecular weight excluding hydrogens is 388 g/mol. The first-order valence-electron chi connectivity index (χ1n) is 10.6. The van der Waals surface area contributed by atoms with Crippen molar-refractivity contribution in [3.63, 3.8) is 0 Å². The Bertz CT molecular complexity index is 1190. The summed E-state index contributed by atoms with van der Waals surface area (Å²) in [5.74, 6) is 1.55. The standard InChI is InChI=1S/C26H26N2O3/c1-4-17(3)19-11-14-24-23(16-19)28-26(31-24)18-9-12-21(13-10-18)27-25(29)20-7-6-8-22(15-20)30-5-2/h6-17H,4-5H2,1-3H3,(H,27,29)/t17-/m0/s1. The van der Waals surface area contributed by atoms with Gasteiger partial charge in [0.25, 0.3) is 5.91 Å². The van der Waals surface area contributed by atoms with Crippen LogP contribution in [-0.2, 0) is 0 Å². The van der Waals surface area contributed by atoms with Gasteiger partial charge in [-0.15, -0.1) is 0 Å². The van der Waals surface area contributed by atoms with Gasteiger partial charge < -0.3 is 14.5 Å². The van der Waals surface area contributed by atoms with Gasteiger partial charge in [0, 0.05) is 16.8 Å². The third-order valence-corrected chi connectivity index (χ3v) is 5.39. The molecule has 5 heteroatoms. The number of oxazole rings is 1. The number of benzene rings is 3. The van der Waals surface area contributed by atoms with Crippen molar-refractivity contribution in [2.75, 3.05) is 11.9 Å². The van der Waals surface area contributed by atoms with Crippen molar-refractivity contribution >= 4 is 22.7 Å². The molecule has 5 nitrogen and oxygen atoms in total. The molecule has 0 saturated carbocycles. The van der Waals surface area contributed by atoms with Gasteiger partial charge in [0.2, 0.25) is 5.89 Å². The molecule has 1 amide bonds. The van der Waals surface area contributed by atoms with E-state index in [2.05, 4.69) is 36.3 Å². The van der Waals surface area contributed by atoms with Crippen LogP contribution in [0.5, 0.6) is 5.75 Å². The molecule has 0 aliphatic carbocycles. The van der Waals surface area contributed by atoms with Crippen LogP contribution in [0.4, 0.5) is 5.69 Å². The monoisotopic (exact) mass is 414 g/mol. The van der Waals surface area contributed by atoms with Crippen molar-refractivity contribution < 1.29 is 13.9 Å². The summed E-state index contributed by atoms with van der Waals surface area (Å²) in [6.07, 6.45) is 1.08. The number of anilines is 1. The van der Waals surface area contributed by atoms with Gasteiger partial charge in [-0.25, -0.2) is 4.98 Å². The van der Waals surface area contributed by atoms with Crippen LogP contribution in [0.3, 0.4) is 0 Å². The number of carbonyl (C=O) groups is 1. The minimum atomic E-state index is -0.186. The SMILES string of the molecule is CCOc1cccc(C(=O)Nc2ccc(-c3nc4cc([C@@H](C)CC)ccc4o3)cc2)c1. The van der Waals surface area contributed by atoms with Crippen LogP contribution in [0, 0.1) is 0 Å². The third-order valence-electron chi connectivity index (χ3n) is 5.39. The Kier molecular flexibility index (Phi) is 6.03. The fourth-order valence-electron chi connectivity index (χ4n) is 3.40. The van der Waals surface area contributed by atoms with E-state index in [-0.39, 0.29) is 5.91 Å². The van der Waals surface area contributed by atoms with E-state index in [1.807, 2.05) is 49.4 Å². The Morgan fingerprint density at radius 2 is 1.87 bits per heavy atom. The van der Waals surface area contributed by atoms with Crippen molar-refractivity contribution in [3.05, 3.63) is 77.9 Å². The first-order valence-corrected chi connectivity index (χ1v) is 10.6. The molecule has 0 unspecified atom stereocenters. The molecule has 0 bridgehead atoms. The topological polar surface area (TPSA) is 64.4 Å². The van der Waals surface area contributed by atoms with E-state index in [0.717, 1.165) is 23.1 Å². The fraction of sp³-hybridized carbons (Fsp3) is 0.231. The third kappa shape index (κ3) is 4.61. The van der Waals surface area contributed by atoms with Crippen molar-refractivity contribution in [2.45, 2.75) is 33.1 Å². The summed E-state index contributed by atoms with van der Waals surface area (Å²) in [5, 5.41) is 2.91. The second kappa shape index (κ2) is 9.04. The summed E-state index contributed by atoms with van der Waals surface area (Å²) >= 11 is 0. The summed E-state index contributed by atoms with van der Waals surface area (Å²) in [5.41, 5.74) is 5.00. The molecule has 0 aliphatic rings. The average Bonchev–Trinajstić information content (AvgIpc) is 3.23. The van der Waals surface area contributed by atoms with Gasteiger partial charge in [-0.2, -0.15) is 0 Å². The lowest BCUT2D eigenvalue weighted by atomic mass is 9.98. The number of hydrogen-bond acceptors (Lipinski definition) is 4. The van der Waals surface area contributed by atoms with Crippen LogP contribution in [0.2, 0.25) is 0 Å². The van der Waals surface area contributed by atoms with E-state index in [0.29, 0.717) is 35.4 Å². The molecule has 1 N–H and O–H groups in total. The van der Waals surface area contributed by atoms with Crippen LogP contribution < -0.4 is 10.1 Å². The van der Waals surface area contributed by atoms with E-state index < -0.39 is 0 Å². The number of carbonyl (C=O) groups excluding carboxylic acids is 1. The number of ether oxygens (including phenoxy) is 1. The van der Waals surface area contributed by atoms with Gasteiger partial charge in [0.1, 0.15) is 11.3 Å². The first kappa shape index (κ1) is 20.7.